The zero-order chi connectivity index (χ0) is 19.7. The molecule has 0 bridgehead atoms. The number of benzene rings is 1. The Hall–Kier alpha value is -0.675. The lowest BCUT2D eigenvalue weighted by molar-refractivity contribution is 0.0504. The van der Waals surface area contributed by atoms with Gasteiger partial charge in [-0.3, -0.25) is 0 Å². The molecule has 146 valence electrons. The van der Waals surface area contributed by atoms with Crippen molar-refractivity contribution in [2.45, 2.75) is 71.1 Å². The van der Waals surface area contributed by atoms with Gasteiger partial charge in [-0.25, -0.2) is 0 Å². The van der Waals surface area contributed by atoms with Crippen LogP contribution in [0.25, 0.3) is 11.0 Å². The minimum Gasteiger partial charge on any atom is -0.461 e. The van der Waals surface area contributed by atoms with Crippen molar-refractivity contribution in [2.24, 2.45) is 11.3 Å². The molecule has 6 heteroatoms. The van der Waals surface area contributed by atoms with Crippen LogP contribution in [-0.2, 0) is 5.41 Å². The third kappa shape index (κ3) is 2.79. The van der Waals surface area contributed by atoms with Gasteiger partial charge in [0.25, 0.3) is 0 Å². The van der Waals surface area contributed by atoms with Gasteiger partial charge in [0.05, 0.1) is 10.0 Å². The molecule has 2 aliphatic carbocycles. The van der Waals surface area contributed by atoms with Gasteiger partial charge in [-0.05, 0) is 48.5 Å². The highest BCUT2D eigenvalue weighted by molar-refractivity contribution is 6.67. The Morgan fingerprint density at radius 1 is 1.15 bits per heavy atom. The number of furan rings is 1. The molecule has 0 radical (unpaired) electrons. The normalized spacial score (nSPS) is 29.9. The van der Waals surface area contributed by atoms with Crippen LogP contribution in [0.4, 0.5) is 0 Å². The molecule has 0 aliphatic heterocycles. The van der Waals surface area contributed by atoms with Gasteiger partial charge in [0.1, 0.15) is 11.3 Å². The summed E-state index contributed by atoms with van der Waals surface area (Å²) in [4.78, 5) is 0. The van der Waals surface area contributed by atoms with Crippen molar-refractivity contribution in [1.82, 2.24) is 0 Å². The highest BCUT2D eigenvalue weighted by Crippen LogP contribution is 2.59. The zero-order valence-corrected chi connectivity index (χ0v) is 17.9. The van der Waals surface area contributed by atoms with Crippen LogP contribution >= 0.6 is 23.2 Å². The van der Waals surface area contributed by atoms with Gasteiger partial charge in [-0.15, -0.1) is 0 Å². The monoisotopic (exact) mass is 408 g/mol. The summed E-state index contributed by atoms with van der Waals surface area (Å²) in [7, 11) is -1.73. The SMILES string of the molecule is CC1CC[C@@H]2C(C)(C)CCC[C@@]2(C)c2c1oc1c(B(O)O)c(Cl)c(Cl)cc21. The smallest absolute Gasteiger partial charge is 0.461 e. The van der Waals surface area contributed by atoms with Crippen LogP contribution in [0.2, 0.25) is 10.0 Å². The zero-order valence-electron chi connectivity index (χ0n) is 16.4. The van der Waals surface area contributed by atoms with E-state index in [2.05, 4.69) is 27.7 Å². The molecule has 0 spiro atoms. The summed E-state index contributed by atoms with van der Waals surface area (Å²) < 4.78 is 6.33. The fourth-order valence-electron chi connectivity index (χ4n) is 6.06. The van der Waals surface area contributed by atoms with E-state index in [0.717, 1.165) is 24.0 Å². The third-order valence-electron chi connectivity index (χ3n) is 7.33. The largest absolute Gasteiger partial charge is 0.493 e. The second-order valence-corrected chi connectivity index (χ2v) is 10.3. The number of fused-ring (bicyclic) bond motifs is 5. The maximum absolute atomic E-state index is 9.94. The fraction of sp³-hybridized carbons (Fsp3) is 0.619. The van der Waals surface area contributed by atoms with Crippen molar-refractivity contribution in [1.29, 1.82) is 0 Å². The van der Waals surface area contributed by atoms with E-state index < -0.39 is 7.12 Å². The minimum atomic E-state index is -1.73. The average molecular weight is 409 g/mol. The van der Waals surface area contributed by atoms with Crippen molar-refractivity contribution in [3.05, 3.63) is 27.4 Å². The van der Waals surface area contributed by atoms with E-state index in [0.29, 0.717) is 16.5 Å². The number of rotatable bonds is 1. The quantitative estimate of drug-likeness (QED) is 0.621. The molecule has 2 aromatic rings. The van der Waals surface area contributed by atoms with Crippen LogP contribution in [-0.4, -0.2) is 17.2 Å². The molecule has 1 unspecified atom stereocenters. The van der Waals surface area contributed by atoms with Gasteiger partial charge in [-0.2, -0.15) is 0 Å². The van der Waals surface area contributed by atoms with Gasteiger partial charge in [0, 0.05) is 22.3 Å². The third-order valence-corrected chi connectivity index (χ3v) is 8.13. The molecular weight excluding hydrogens is 382 g/mol. The van der Waals surface area contributed by atoms with Gasteiger partial charge in [0.15, 0.2) is 0 Å². The Labute approximate surface area is 171 Å². The standard InChI is InChI=1S/C21H27BCl2O3/c1-11-6-7-14-20(2,3)8-5-9-21(14,4)15-12-10-13(23)17(24)16(22(25)26)19(12)27-18(11)15/h10-11,14,25-26H,5-9H2,1-4H3/t11?,14-,21-/m1/s1. The summed E-state index contributed by atoms with van der Waals surface area (Å²) >= 11 is 12.7. The lowest BCUT2D eigenvalue weighted by atomic mass is 9.53. The molecular formula is C21H27BCl2O3. The molecule has 1 saturated carbocycles. The molecule has 27 heavy (non-hydrogen) atoms. The predicted octanol–water partition coefficient (Wildman–Crippen LogP) is 5.40. The van der Waals surface area contributed by atoms with Crippen LogP contribution in [0.1, 0.15) is 77.0 Å². The molecule has 2 aliphatic rings. The number of hydrogen-bond acceptors (Lipinski definition) is 3. The lowest BCUT2D eigenvalue weighted by Gasteiger charge is -2.50. The number of hydrogen-bond donors (Lipinski definition) is 2. The highest BCUT2D eigenvalue weighted by atomic mass is 35.5. The van der Waals surface area contributed by atoms with E-state index in [4.69, 9.17) is 27.6 Å². The van der Waals surface area contributed by atoms with Crippen molar-refractivity contribution in [2.75, 3.05) is 0 Å². The van der Waals surface area contributed by atoms with Crippen LogP contribution in [0.15, 0.2) is 10.5 Å². The molecule has 4 rings (SSSR count). The second kappa shape index (κ2) is 6.42. The first-order valence-electron chi connectivity index (χ1n) is 9.89. The topological polar surface area (TPSA) is 53.6 Å². The Balaban J connectivity index is 2.08. The van der Waals surface area contributed by atoms with Crippen LogP contribution in [0.3, 0.4) is 0 Å². The summed E-state index contributed by atoms with van der Waals surface area (Å²) in [5.74, 6) is 1.78. The first-order valence-corrected chi connectivity index (χ1v) is 10.6. The molecule has 3 atom stereocenters. The van der Waals surface area contributed by atoms with Crippen molar-refractivity contribution >= 4 is 46.8 Å². The van der Waals surface area contributed by atoms with Crippen LogP contribution < -0.4 is 5.46 Å². The van der Waals surface area contributed by atoms with E-state index >= 15 is 0 Å². The Morgan fingerprint density at radius 3 is 2.52 bits per heavy atom. The molecule has 0 saturated heterocycles. The maximum atomic E-state index is 9.94. The summed E-state index contributed by atoms with van der Waals surface area (Å²) in [6.07, 6.45) is 5.76. The van der Waals surface area contributed by atoms with E-state index in [1.54, 1.807) is 0 Å². The summed E-state index contributed by atoms with van der Waals surface area (Å²) in [6, 6.07) is 1.86. The molecule has 1 aromatic heterocycles. The molecule has 3 nitrogen and oxygen atoms in total. The predicted molar refractivity (Wildman–Crippen MR) is 112 cm³/mol. The second-order valence-electron chi connectivity index (χ2n) is 9.47. The molecule has 0 amide bonds. The van der Waals surface area contributed by atoms with Crippen molar-refractivity contribution in [3.63, 3.8) is 0 Å². The summed E-state index contributed by atoms with van der Waals surface area (Å²) in [6.45, 7) is 9.34. The number of halogens is 2. The molecule has 1 heterocycles. The van der Waals surface area contributed by atoms with Gasteiger partial charge >= 0.3 is 7.12 Å². The van der Waals surface area contributed by atoms with E-state index in [9.17, 15) is 10.0 Å². The van der Waals surface area contributed by atoms with E-state index in [-0.39, 0.29) is 27.2 Å². The van der Waals surface area contributed by atoms with Crippen molar-refractivity contribution < 1.29 is 14.5 Å². The Morgan fingerprint density at radius 2 is 1.85 bits per heavy atom. The fourth-order valence-corrected chi connectivity index (χ4v) is 6.51. The average Bonchev–Trinajstić information content (AvgIpc) is 2.88. The first-order chi connectivity index (χ1) is 12.6. The summed E-state index contributed by atoms with van der Waals surface area (Å²) in [5.41, 5.74) is 2.09. The Kier molecular flexibility index (Phi) is 4.67. The minimum absolute atomic E-state index is 0.0259. The maximum Gasteiger partial charge on any atom is 0.493 e. The first kappa shape index (κ1) is 19.6. The van der Waals surface area contributed by atoms with Gasteiger partial charge in [-0.1, -0.05) is 57.3 Å². The van der Waals surface area contributed by atoms with Crippen LogP contribution in [0.5, 0.6) is 0 Å². The molecule has 1 fully saturated rings. The lowest BCUT2D eigenvalue weighted by Crippen LogP contribution is -2.44. The van der Waals surface area contributed by atoms with Crippen molar-refractivity contribution in [3.8, 4) is 0 Å². The van der Waals surface area contributed by atoms with Gasteiger partial charge < -0.3 is 14.5 Å². The Bertz CT molecular complexity index is 905. The van der Waals surface area contributed by atoms with E-state index in [1.807, 2.05) is 6.07 Å². The van der Waals surface area contributed by atoms with Gasteiger partial charge in [0.2, 0.25) is 0 Å². The highest BCUT2D eigenvalue weighted by Gasteiger charge is 2.51. The molecule has 1 aromatic carbocycles. The summed E-state index contributed by atoms with van der Waals surface area (Å²) in [5, 5.41) is 21.3. The molecule has 2 N–H and O–H groups in total. The van der Waals surface area contributed by atoms with Crippen LogP contribution in [0, 0.1) is 11.3 Å². The van der Waals surface area contributed by atoms with E-state index in [1.165, 1.54) is 24.8 Å².